The molecular formula is C18H29N3. The molecule has 0 bridgehead atoms. The van der Waals surface area contributed by atoms with Gasteiger partial charge in [0.05, 0.1) is 0 Å². The molecule has 2 unspecified atom stereocenters. The summed E-state index contributed by atoms with van der Waals surface area (Å²) < 4.78 is 0. The molecule has 2 heterocycles. The topological polar surface area (TPSA) is 28.2 Å². The molecule has 2 fully saturated rings. The van der Waals surface area contributed by atoms with E-state index in [1.165, 1.54) is 44.9 Å². The van der Waals surface area contributed by atoms with Crippen molar-refractivity contribution in [3.05, 3.63) is 24.4 Å². The van der Waals surface area contributed by atoms with Crippen molar-refractivity contribution in [2.45, 2.75) is 64.0 Å². The van der Waals surface area contributed by atoms with Crippen molar-refractivity contribution in [2.75, 3.05) is 18.0 Å². The number of aromatic nitrogens is 1. The van der Waals surface area contributed by atoms with Crippen molar-refractivity contribution < 1.29 is 0 Å². The minimum Gasteiger partial charge on any atom is -0.357 e. The summed E-state index contributed by atoms with van der Waals surface area (Å²) in [7, 11) is 0. The summed E-state index contributed by atoms with van der Waals surface area (Å²) in [5.74, 6) is 1.99. The van der Waals surface area contributed by atoms with Crippen LogP contribution in [0.2, 0.25) is 0 Å². The van der Waals surface area contributed by atoms with E-state index in [1.807, 2.05) is 12.3 Å². The summed E-state index contributed by atoms with van der Waals surface area (Å²) in [6.45, 7) is 4.71. The van der Waals surface area contributed by atoms with Crippen LogP contribution in [0.3, 0.4) is 0 Å². The van der Waals surface area contributed by atoms with Gasteiger partial charge in [0.1, 0.15) is 5.82 Å². The van der Waals surface area contributed by atoms with Gasteiger partial charge in [0, 0.05) is 31.4 Å². The lowest BCUT2D eigenvalue weighted by molar-refractivity contribution is 0.293. The summed E-state index contributed by atoms with van der Waals surface area (Å²) in [5.41, 5.74) is 0. The molecule has 0 spiro atoms. The molecule has 0 radical (unpaired) electrons. The van der Waals surface area contributed by atoms with Gasteiger partial charge in [-0.3, -0.25) is 0 Å². The van der Waals surface area contributed by atoms with Crippen LogP contribution >= 0.6 is 0 Å². The van der Waals surface area contributed by atoms with E-state index in [1.54, 1.807) is 0 Å². The van der Waals surface area contributed by atoms with Crippen LogP contribution in [-0.4, -0.2) is 30.2 Å². The second kappa shape index (κ2) is 7.26. The summed E-state index contributed by atoms with van der Waals surface area (Å²) in [6, 6.07) is 7.65. The van der Waals surface area contributed by atoms with Crippen molar-refractivity contribution >= 4 is 5.82 Å². The molecule has 1 aromatic rings. The predicted octanol–water partition coefficient (Wildman–Crippen LogP) is 3.61. The van der Waals surface area contributed by atoms with Gasteiger partial charge >= 0.3 is 0 Å². The molecule has 3 heteroatoms. The second-order valence-corrected chi connectivity index (χ2v) is 6.84. The molecule has 3 rings (SSSR count). The molecule has 1 aromatic heterocycles. The summed E-state index contributed by atoms with van der Waals surface area (Å²) >= 11 is 0. The number of piperidine rings is 1. The Balaban J connectivity index is 1.49. The summed E-state index contributed by atoms with van der Waals surface area (Å²) in [5, 5.41) is 3.97. The Morgan fingerprint density at radius 2 is 1.86 bits per heavy atom. The number of nitrogens with one attached hydrogen (secondary N) is 1. The van der Waals surface area contributed by atoms with Gasteiger partial charge in [-0.2, -0.15) is 0 Å². The maximum Gasteiger partial charge on any atom is 0.128 e. The van der Waals surface area contributed by atoms with Crippen LogP contribution in [0.15, 0.2) is 24.4 Å². The van der Waals surface area contributed by atoms with Gasteiger partial charge in [0.15, 0.2) is 0 Å². The fourth-order valence-corrected chi connectivity index (χ4v) is 3.86. The van der Waals surface area contributed by atoms with Gasteiger partial charge in [-0.05, 0) is 43.7 Å². The fraction of sp³-hybridized carbons (Fsp3) is 0.722. The maximum atomic E-state index is 4.47. The lowest BCUT2D eigenvalue weighted by Crippen LogP contribution is -2.48. The molecule has 3 nitrogen and oxygen atoms in total. The summed E-state index contributed by atoms with van der Waals surface area (Å²) in [4.78, 5) is 6.90. The number of pyridine rings is 1. The van der Waals surface area contributed by atoms with Gasteiger partial charge in [-0.25, -0.2) is 4.98 Å². The van der Waals surface area contributed by atoms with Gasteiger partial charge in [0.25, 0.3) is 0 Å². The van der Waals surface area contributed by atoms with Gasteiger partial charge < -0.3 is 10.2 Å². The molecule has 1 aliphatic heterocycles. The highest BCUT2D eigenvalue weighted by atomic mass is 15.2. The monoisotopic (exact) mass is 287 g/mol. The molecule has 1 saturated heterocycles. The van der Waals surface area contributed by atoms with E-state index >= 15 is 0 Å². The highest BCUT2D eigenvalue weighted by Gasteiger charge is 2.25. The Kier molecular flexibility index (Phi) is 5.13. The van der Waals surface area contributed by atoms with E-state index < -0.39 is 0 Å². The first kappa shape index (κ1) is 14.8. The first-order chi connectivity index (χ1) is 10.3. The zero-order chi connectivity index (χ0) is 14.5. The summed E-state index contributed by atoms with van der Waals surface area (Å²) in [6.07, 6.45) is 11.4. The van der Waals surface area contributed by atoms with E-state index in [9.17, 15) is 0 Å². The number of nitrogens with zero attached hydrogens (tertiary/aromatic N) is 2. The van der Waals surface area contributed by atoms with Crippen LogP contribution in [0.4, 0.5) is 5.82 Å². The van der Waals surface area contributed by atoms with E-state index in [0.717, 1.165) is 30.9 Å². The molecule has 0 amide bonds. The smallest absolute Gasteiger partial charge is 0.128 e. The molecule has 116 valence electrons. The molecule has 2 aliphatic rings. The van der Waals surface area contributed by atoms with Crippen molar-refractivity contribution in [3.8, 4) is 0 Å². The third-order valence-electron chi connectivity index (χ3n) is 5.28. The molecular weight excluding hydrogens is 258 g/mol. The Morgan fingerprint density at radius 3 is 2.62 bits per heavy atom. The minimum absolute atomic E-state index is 0.704. The average Bonchev–Trinajstić information content (AvgIpc) is 2.74. The Morgan fingerprint density at radius 1 is 1.05 bits per heavy atom. The van der Waals surface area contributed by atoms with E-state index in [0.29, 0.717) is 6.04 Å². The minimum atomic E-state index is 0.704. The Labute approximate surface area is 129 Å². The Hall–Kier alpha value is -1.09. The van der Waals surface area contributed by atoms with Crippen LogP contribution in [0.5, 0.6) is 0 Å². The Bertz CT molecular complexity index is 412. The zero-order valence-corrected chi connectivity index (χ0v) is 13.3. The largest absolute Gasteiger partial charge is 0.357 e. The van der Waals surface area contributed by atoms with Crippen LogP contribution in [-0.2, 0) is 0 Å². The number of hydrogen-bond acceptors (Lipinski definition) is 3. The average molecular weight is 287 g/mol. The number of rotatable bonds is 3. The van der Waals surface area contributed by atoms with Crippen LogP contribution in [0, 0.1) is 5.92 Å². The van der Waals surface area contributed by atoms with Crippen molar-refractivity contribution in [1.29, 1.82) is 0 Å². The quantitative estimate of drug-likeness (QED) is 0.861. The second-order valence-electron chi connectivity index (χ2n) is 6.84. The lowest BCUT2D eigenvalue weighted by atomic mass is 9.94. The first-order valence-corrected chi connectivity index (χ1v) is 8.75. The van der Waals surface area contributed by atoms with Crippen molar-refractivity contribution in [1.82, 2.24) is 10.3 Å². The highest BCUT2D eigenvalue weighted by Crippen LogP contribution is 2.25. The fourth-order valence-electron chi connectivity index (χ4n) is 3.86. The van der Waals surface area contributed by atoms with E-state index in [4.69, 9.17) is 0 Å². The first-order valence-electron chi connectivity index (χ1n) is 8.75. The van der Waals surface area contributed by atoms with Gasteiger partial charge in [-0.15, -0.1) is 0 Å². The lowest BCUT2D eigenvalue weighted by Gasteiger charge is -2.36. The SMILES string of the molecule is CC1CCCCCC1NC1CCN(c2ccccn2)CC1. The van der Waals surface area contributed by atoms with Crippen molar-refractivity contribution in [3.63, 3.8) is 0 Å². The van der Waals surface area contributed by atoms with Crippen LogP contribution in [0.1, 0.15) is 51.9 Å². The van der Waals surface area contributed by atoms with Crippen LogP contribution < -0.4 is 10.2 Å². The van der Waals surface area contributed by atoms with E-state index in [-0.39, 0.29) is 0 Å². The normalized spacial score (nSPS) is 28.3. The molecule has 1 N–H and O–H groups in total. The van der Waals surface area contributed by atoms with Crippen LogP contribution in [0.25, 0.3) is 0 Å². The standard InChI is InChI=1S/C18H29N3/c1-15-7-3-2-4-8-17(15)20-16-10-13-21(14-11-16)18-9-5-6-12-19-18/h5-6,9,12,15-17,20H,2-4,7-8,10-11,13-14H2,1H3. The van der Waals surface area contributed by atoms with E-state index in [2.05, 4.69) is 34.3 Å². The van der Waals surface area contributed by atoms with Gasteiger partial charge in [0.2, 0.25) is 0 Å². The zero-order valence-electron chi connectivity index (χ0n) is 13.3. The predicted molar refractivity (Wildman–Crippen MR) is 88.6 cm³/mol. The van der Waals surface area contributed by atoms with Crippen molar-refractivity contribution in [2.24, 2.45) is 5.92 Å². The third kappa shape index (κ3) is 3.97. The molecule has 2 atom stereocenters. The molecule has 0 aromatic carbocycles. The molecule has 21 heavy (non-hydrogen) atoms. The maximum absolute atomic E-state index is 4.47. The molecule has 1 aliphatic carbocycles. The number of anilines is 1. The molecule has 1 saturated carbocycles. The van der Waals surface area contributed by atoms with Gasteiger partial charge in [-0.1, -0.05) is 32.3 Å². The highest BCUT2D eigenvalue weighted by molar-refractivity contribution is 5.38. The third-order valence-corrected chi connectivity index (χ3v) is 5.28. The number of hydrogen-bond donors (Lipinski definition) is 1.